The third-order valence-electron chi connectivity index (χ3n) is 3.36. The lowest BCUT2D eigenvalue weighted by Crippen LogP contribution is -2.40. The Hall–Kier alpha value is -2.15. The molecule has 0 bridgehead atoms. The highest BCUT2D eigenvalue weighted by Crippen LogP contribution is 2.06. The number of aryl methyl sites for hydroxylation is 1. The molecule has 2 heterocycles. The van der Waals surface area contributed by atoms with Crippen molar-refractivity contribution < 1.29 is 14.3 Å². The molecule has 3 N–H and O–H groups in total. The third-order valence-corrected chi connectivity index (χ3v) is 3.36. The van der Waals surface area contributed by atoms with Crippen molar-refractivity contribution in [3.63, 3.8) is 0 Å². The Balaban J connectivity index is 0.000000353. The van der Waals surface area contributed by atoms with Gasteiger partial charge in [0.05, 0.1) is 0 Å². The largest absolute Gasteiger partial charge is 0.462 e. The van der Waals surface area contributed by atoms with E-state index in [1.54, 1.807) is 12.3 Å². The number of pyridine rings is 1. The summed E-state index contributed by atoms with van der Waals surface area (Å²) in [6, 6.07) is 4.14. The van der Waals surface area contributed by atoms with Gasteiger partial charge in [-0.3, -0.25) is 9.59 Å². The Morgan fingerprint density at radius 3 is 2.20 bits per heavy atom. The van der Waals surface area contributed by atoms with Gasteiger partial charge in [0.1, 0.15) is 11.4 Å². The van der Waals surface area contributed by atoms with Crippen LogP contribution in [0.2, 0.25) is 0 Å². The molecule has 1 amide bonds. The molecule has 142 valence electrons. The number of piperidine rings is 1. The van der Waals surface area contributed by atoms with Crippen molar-refractivity contribution in [2.45, 2.75) is 52.2 Å². The lowest BCUT2D eigenvalue weighted by molar-refractivity contribution is -0.138. The van der Waals surface area contributed by atoms with E-state index in [4.69, 9.17) is 5.73 Å². The molecule has 1 aliphatic heterocycles. The highest BCUT2D eigenvalue weighted by Gasteiger charge is 2.14. The molecule has 0 atom stereocenters. The SMILES string of the molecule is CC(C)(C)OC=O.CN1CCC(NC=O)CC1.Cc1ccc(N)nc1. The Morgan fingerprint density at radius 2 is 1.88 bits per heavy atom. The number of nitrogens with one attached hydrogen (secondary N) is 1. The Labute approximate surface area is 150 Å². The molecule has 1 saturated heterocycles. The smallest absolute Gasteiger partial charge is 0.293 e. The first-order valence-electron chi connectivity index (χ1n) is 8.35. The summed E-state index contributed by atoms with van der Waals surface area (Å²) in [6.45, 7) is 10.1. The number of nitrogens with zero attached hydrogens (tertiary/aromatic N) is 2. The molecule has 0 aliphatic carbocycles. The van der Waals surface area contributed by atoms with Crippen LogP contribution in [-0.4, -0.2) is 54.5 Å². The fourth-order valence-electron chi connectivity index (χ4n) is 1.90. The van der Waals surface area contributed by atoms with Crippen LogP contribution < -0.4 is 11.1 Å². The molecule has 0 saturated carbocycles. The van der Waals surface area contributed by atoms with Gasteiger partial charge in [-0.05, 0) is 72.3 Å². The van der Waals surface area contributed by atoms with Gasteiger partial charge in [0.2, 0.25) is 6.41 Å². The van der Waals surface area contributed by atoms with Crippen molar-refractivity contribution in [3.05, 3.63) is 23.9 Å². The van der Waals surface area contributed by atoms with Crippen molar-refractivity contribution in [2.75, 3.05) is 25.9 Å². The van der Waals surface area contributed by atoms with E-state index in [0.29, 0.717) is 18.3 Å². The predicted octanol–water partition coefficient (Wildman–Crippen LogP) is 1.76. The minimum absolute atomic E-state index is 0.318. The summed E-state index contributed by atoms with van der Waals surface area (Å²) in [6.07, 6.45) is 4.73. The average molecular weight is 352 g/mol. The second kappa shape index (κ2) is 12.2. The number of amides is 1. The molecule has 1 fully saturated rings. The lowest BCUT2D eigenvalue weighted by atomic mass is 10.1. The minimum Gasteiger partial charge on any atom is -0.462 e. The lowest BCUT2D eigenvalue weighted by Gasteiger charge is -2.28. The van der Waals surface area contributed by atoms with Gasteiger partial charge in [0, 0.05) is 12.2 Å². The molecule has 0 aromatic carbocycles. The quantitative estimate of drug-likeness (QED) is 0.805. The topological polar surface area (TPSA) is 97.5 Å². The zero-order chi connectivity index (χ0) is 19.3. The monoisotopic (exact) mass is 352 g/mol. The summed E-state index contributed by atoms with van der Waals surface area (Å²) in [5.74, 6) is 0.579. The number of hydrogen-bond acceptors (Lipinski definition) is 6. The van der Waals surface area contributed by atoms with Gasteiger partial charge in [-0.1, -0.05) is 6.07 Å². The van der Waals surface area contributed by atoms with Crippen LogP contribution >= 0.6 is 0 Å². The Morgan fingerprint density at radius 1 is 1.28 bits per heavy atom. The predicted molar refractivity (Wildman–Crippen MR) is 100 cm³/mol. The van der Waals surface area contributed by atoms with Gasteiger partial charge < -0.3 is 20.7 Å². The first kappa shape index (κ1) is 22.9. The number of anilines is 1. The summed E-state index contributed by atoms with van der Waals surface area (Å²) < 4.78 is 4.55. The standard InChI is InChI=1S/C7H14N2O.C6H8N2.C5H10O2/c1-9-4-2-7(3-5-9)8-6-10;1-5-2-3-6(7)8-4-5;1-5(2,3)7-4-6/h6-7H,2-5H2,1H3,(H,8,10);2-4H,1H3,(H2,7,8);4H,1-3H3. The molecule has 25 heavy (non-hydrogen) atoms. The number of nitrogens with two attached hydrogens (primary N) is 1. The first-order chi connectivity index (χ1) is 11.7. The van der Waals surface area contributed by atoms with E-state index in [2.05, 4.69) is 27.0 Å². The molecule has 7 heteroatoms. The average Bonchev–Trinajstić information content (AvgIpc) is 2.53. The number of aromatic nitrogens is 1. The highest BCUT2D eigenvalue weighted by atomic mass is 16.5. The molecule has 1 aromatic heterocycles. The molecule has 0 radical (unpaired) electrons. The second-order valence-electron chi connectivity index (χ2n) is 6.95. The number of rotatable bonds is 3. The first-order valence-corrected chi connectivity index (χ1v) is 8.35. The summed E-state index contributed by atoms with van der Waals surface area (Å²) in [5.41, 5.74) is 6.14. The van der Waals surface area contributed by atoms with Crippen LogP contribution in [0.5, 0.6) is 0 Å². The molecule has 7 nitrogen and oxygen atoms in total. The summed E-state index contributed by atoms with van der Waals surface area (Å²) >= 11 is 0. The van der Waals surface area contributed by atoms with Crippen LogP contribution in [-0.2, 0) is 14.3 Å². The van der Waals surface area contributed by atoms with Crippen LogP contribution in [0.4, 0.5) is 5.82 Å². The molecule has 1 aliphatic rings. The zero-order valence-corrected chi connectivity index (χ0v) is 16.0. The van der Waals surface area contributed by atoms with E-state index < -0.39 is 0 Å². The van der Waals surface area contributed by atoms with Crippen molar-refractivity contribution in [1.29, 1.82) is 0 Å². The molecular formula is C18H32N4O3. The molecule has 0 unspecified atom stereocenters. The Kier molecular flexibility index (Phi) is 11.2. The Bertz CT molecular complexity index is 457. The minimum atomic E-state index is -0.318. The van der Waals surface area contributed by atoms with Gasteiger partial charge >= 0.3 is 0 Å². The van der Waals surface area contributed by atoms with E-state index in [1.165, 1.54) is 0 Å². The van der Waals surface area contributed by atoms with Crippen LogP contribution in [0.1, 0.15) is 39.2 Å². The van der Waals surface area contributed by atoms with Crippen molar-refractivity contribution in [2.24, 2.45) is 0 Å². The normalized spacial score (nSPS) is 14.9. The maximum Gasteiger partial charge on any atom is 0.293 e. The van der Waals surface area contributed by atoms with Crippen LogP contribution in [0.3, 0.4) is 0 Å². The number of carbonyl (C=O) groups excluding carboxylic acids is 2. The van der Waals surface area contributed by atoms with E-state index >= 15 is 0 Å². The second-order valence-corrected chi connectivity index (χ2v) is 6.95. The maximum atomic E-state index is 10.0. The molecule has 1 aromatic rings. The fraction of sp³-hybridized carbons (Fsp3) is 0.611. The van der Waals surface area contributed by atoms with Gasteiger partial charge in [-0.2, -0.15) is 0 Å². The highest BCUT2D eigenvalue weighted by molar-refractivity contribution is 5.46. The maximum absolute atomic E-state index is 10.0. The van der Waals surface area contributed by atoms with E-state index in [1.807, 2.05) is 33.8 Å². The number of nitrogen functional groups attached to an aromatic ring is 1. The summed E-state index contributed by atoms with van der Waals surface area (Å²) in [4.78, 5) is 25.8. The van der Waals surface area contributed by atoms with Crippen LogP contribution in [0.15, 0.2) is 18.3 Å². The van der Waals surface area contributed by atoms with Crippen molar-refractivity contribution in [1.82, 2.24) is 15.2 Å². The third kappa shape index (κ3) is 13.9. The molecule has 2 rings (SSSR count). The zero-order valence-electron chi connectivity index (χ0n) is 16.0. The van der Waals surface area contributed by atoms with Crippen LogP contribution in [0, 0.1) is 6.92 Å². The van der Waals surface area contributed by atoms with Gasteiger partial charge in [0.15, 0.2) is 0 Å². The van der Waals surface area contributed by atoms with Crippen molar-refractivity contribution >= 4 is 18.7 Å². The number of ether oxygens (including phenoxy) is 1. The fourth-order valence-corrected chi connectivity index (χ4v) is 1.90. The number of carbonyl (C=O) groups is 2. The van der Waals surface area contributed by atoms with E-state index in [9.17, 15) is 9.59 Å². The van der Waals surface area contributed by atoms with E-state index in [0.717, 1.165) is 37.9 Å². The number of hydrogen-bond donors (Lipinski definition) is 2. The molecular weight excluding hydrogens is 320 g/mol. The summed E-state index contributed by atoms with van der Waals surface area (Å²) in [5, 5.41) is 2.80. The van der Waals surface area contributed by atoms with Gasteiger partial charge in [-0.15, -0.1) is 0 Å². The molecule has 0 spiro atoms. The van der Waals surface area contributed by atoms with Gasteiger partial charge in [-0.25, -0.2) is 4.98 Å². The van der Waals surface area contributed by atoms with Crippen LogP contribution in [0.25, 0.3) is 0 Å². The van der Waals surface area contributed by atoms with Gasteiger partial charge in [0.25, 0.3) is 6.47 Å². The van der Waals surface area contributed by atoms with E-state index in [-0.39, 0.29) is 5.60 Å². The van der Waals surface area contributed by atoms with Crippen molar-refractivity contribution in [3.8, 4) is 0 Å². The number of likely N-dealkylation sites (tertiary alicyclic amines) is 1. The summed E-state index contributed by atoms with van der Waals surface area (Å²) in [7, 11) is 2.11.